The monoisotopic (exact) mass is 391 g/mol. The molecule has 27 heavy (non-hydrogen) atoms. The van der Waals surface area contributed by atoms with E-state index in [9.17, 15) is 8.78 Å². The summed E-state index contributed by atoms with van der Waals surface area (Å²) in [7, 11) is -2.46. The molecule has 2 aromatic carbocycles. The fourth-order valence-electron chi connectivity index (χ4n) is 3.36. The van der Waals surface area contributed by atoms with E-state index in [-0.39, 0.29) is 21.9 Å². The van der Waals surface area contributed by atoms with Crippen LogP contribution in [-0.2, 0) is 4.74 Å². The van der Waals surface area contributed by atoms with E-state index in [0.717, 1.165) is 0 Å². The van der Waals surface area contributed by atoms with Gasteiger partial charge < -0.3 is 4.74 Å². The normalized spacial score (nSPS) is 16.3. The molecule has 0 atom stereocenters. The number of nitrogens with zero attached hydrogens (tertiary/aromatic N) is 1. The molecule has 1 aliphatic rings. The zero-order chi connectivity index (χ0) is 20.1. The molecule has 3 rings (SSSR count). The second-order valence-corrected chi connectivity index (χ2v) is 13.6. The summed E-state index contributed by atoms with van der Waals surface area (Å²) in [6.07, 6.45) is 0. The summed E-state index contributed by atoms with van der Waals surface area (Å²) in [6.45, 7) is 11.1. The first kappa shape index (κ1) is 19.7. The molecule has 0 bridgehead atoms. The van der Waals surface area contributed by atoms with Gasteiger partial charge in [-0.3, -0.25) is 0 Å². The Labute approximate surface area is 159 Å². The predicted octanol–water partition coefficient (Wildman–Crippen LogP) is 5.18. The second kappa shape index (κ2) is 6.51. The van der Waals surface area contributed by atoms with Gasteiger partial charge in [0.05, 0.1) is 13.6 Å². The molecular weight excluding hydrogens is 367 g/mol. The van der Waals surface area contributed by atoms with Crippen LogP contribution in [0.15, 0.2) is 29.3 Å². The van der Waals surface area contributed by atoms with E-state index >= 15 is 4.39 Å². The number of ether oxygens (including phenoxy) is 1. The van der Waals surface area contributed by atoms with Crippen LogP contribution in [0.2, 0.25) is 19.6 Å². The van der Waals surface area contributed by atoms with Crippen molar-refractivity contribution in [2.75, 3.05) is 6.61 Å². The van der Waals surface area contributed by atoms with E-state index in [0.29, 0.717) is 23.6 Å². The number of benzene rings is 2. The van der Waals surface area contributed by atoms with Gasteiger partial charge in [0.25, 0.3) is 0 Å². The van der Waals surface area contributed by atoms with Gasteiger partial charge in [-0.2, -0.15) is 0 Å². The van der Waals surface area contributed by atoms with Gasteiger partial charge in [0.1, 0.15) is 12.4 Å². The van der Waals surface area contributed by atoms with Crippen molar-refractivity contribution in [2.24, 2.45) is 4.99 Å². The smallest absolute Gasteiger partial charge is 0.217 e. The summed E-state index contributed by atoms with van der Waals surface area (Å²) < 4.78 is 50.5. The molecule has 0 N–H and O–H groups in total. The van der Waals surface area contributed by atoms with Crippen molar-refractivity contribution in [1.82, 2.24) is 0 Å². The summed E-state index contributed by atoms with van der Waals surface area (Å²) in [5, 5.41) is -0.120. The van der Waals surface area contributed by atoms with Crippen LogP contribution in [-0.4, -0.2) is 26.1 Å². The highest BCUT2D eigenvalue weighted by atomic mass is 28.3. The lowest BCUT2D eigenvalue weighted by atomic mass is 9.94. The highest BCUT2D eigenvalue weighted by molar-refractivity contribution is 6.88. The van der Waals surface area contributed by atoms with Crippen molar-refractivity contribution < 1.29 is 17.9 Å². The summed E-state index contributed by atoms with van der Waals surface area (Å²) >= 11 is 0. The summed E-state index contributed by atoms with van der Waals surface area (Å²) in [6, 6.07) is 7.00. The van der Waals surface area contributed by atoms with Crippen LogP contribution >= 0.6 is 0 Å². The Kier molecular flexibility index (Phi) is 4.75. The third-order valence-electron chi connectivity index (χ3n) is 4.70. The van der Waals surface area contributed by atoms with E-state index in [1.54, 1.807) is 43.9 Å². The predicted molar refractivity (Wildman–Crippen MR) is 106 cm³/mol. The van der Waals surface area contributed by atoms with Crippen LogP contribution in [0.25, 0.3) is 11.1 Å². The largest absolute Gasteiger partial charge is 0.475 e. The molecule has 1 heterocycles. The van der Waals surface area contributed by atoms with Gasteiger partial charge in [0.15, 0.2) is 11.6 Å². The standard InChI is InChI=1S/C21H24F3NOSi/c1-12-15(17(23)19(27(4,5)6)18(24)16(12)22)13-9-7-8-10-14(13)20-25-21(2,3)11-26-20/h7-10H,11H2,1-6H3. The first-order chi connectivity index (χ1) is 12.4. The van der Waals surface area contributed by atoms with E-state index < -0.39 is 25.5 Å². The number of hydrogen-bond donors (Lipinski definition) is 0. The van der Waals surface area contributed by atoms with Gasteiger partial charge in [-0.05, 0) is 38.0 Å². The lowest BCUT2D eigenvalue weighted by Gasteiger charge is -2.23. The third kappa shape index (κ3) is 3.42. The minimum atomic E-state index is -2.46. The minimum Gasteiger partial charge on any atom is -0.475 e. The number of hydrogen-bond acceptors (Lipinski definition) is 2. The van der Waals surface area contributed by atoms with Crippen LogP contribution < -0.4 is 5.19 Å². The lowest BCUT2D eigenvalue weighted by Crippen LogP contribution is -2.43. The average Bonchev–Trinajstić information content (AvgIpc) is 2.92. The quantitative estimate of drug-likeness (QED) is 0.522. The Hall–Kier alpha value is -2.08. The zero-order valence-electron chi connectivity index (χ0n) is 16.5. The van der Waals surface area contributed by atoms with E-state index in [4.69, 9.17) is 4.74 Å². The summed E-state index contributed by atoms with van der Waals surface area (Å²) in [5.74, 6) is -2.35. The van der Waals surface area contributed by atoms with Crippen molar-refractivity contribution in [3.05, 3.63) is 52.8 Å². The average molecular weight is 392 g/mol. The minimum absolute atomic E-state index is 0.0442. The van der Waals surface area contributed by atoms with Crippen molar-refractivity contribution in [2.45, 2.75) is 46.0 Å². The lowest BCUT2D eigenvalue weighted by molar-refractivity contribution is 0.279. The van der Waals surface area contributed by atoms with Gasteiger partial charge in [-0.15, -0.1) is 0 Å². The molecule has 144 valence electrons. The third-order valence-corrected chi connectivity index (χ3v) is 6.64. The van der Waals surface area contributed by atoms with Crippen molar-refractivity contribution >= 4 is 19.2 Å². The summed E-state index contributed by atoms with van der Waals surface area (Å²) in [5.41, 5.74) is 0.698. The molecule has 0 saturated heterocycles. The maximum absolute atomic E-state index is 15.5. The van der Waals surface area contributed by atoms with Gasteiger partial charge in [0.2, 0.25) is 5.90 Å². The van der Waals surface area contributed by atoms with Crippen molar-refractivity contribution in [1.29, 1.82) is 0 Å². The number of halogens is 3. The van der Waals surface area contributed by atoms with Gasteiger partial charge >= 0.3 is 0 Å². The molecule has 2 aromatic rings. The number of aliphatic imine (C=N–C) groups is 1. The molecular formula is C21H24F3NOSi. The van der Waals surface area contributed by atoms with Crippen LogP contribution in [0, 0.1) is 24.4 Å². The van der Waals surface area contributed by atoms with Crippen molar-refractivity contribution in [3.8, 4) is 11.1 Å². The van der Waals surface area contributed by atoms with Crippen LogP contribution in [0.3, 0.4) is 0 Å². The molecule has 1 aliphatic heterocycles. The Balaban J connectivity index is 2.33. The molecule has 0 unspecified atom stereocenters. The first-order valence-corrected chi connectivity index (χ1v) is 12.4. The fourth-order valence-corrected chi connectivity index (χ4v) is 4.91. The SMILES string of the molecule is Cc1c(F)c(F)c([Si](C)(C)C)c(F)c1-c1ccccc1C1=NC(C)(C)CO1. The van der Waals surface area contributed by atoms with Gasteiger partial charge in [-0.1, -0.05) is 37.8 Å². The molecule has 0 saturated carbocycles. The van der Waals surface area contributed by atoms with E-state index in [2.05, 4.69) is 4.99 Å². The van der Waals surface area contributed by atoms with Crippen LogP contribution in [0.5, 0.6) is 0 Å². The van der Waals surface area contributed by atoms with Crippen LogP contribution in [0.1, 0.15) is 25.0 Å². The molecule has 6 heteroatoms. The first-order valence-electron chi connectivity index (χ1n) is 8.94. The summed E-state index contributed by atoms with van der Waals surface area (Å²) in [4.78, 5) is 4.56. The Morgan fingerprint density at radius 1 is 0.963 bits per heavy atom. The molecule has 0 aromatic heterocycles. The molecule has 0 radical (unpaired) electrons. The van der Waals surface area contributed by atoms with E-state index in [1.807, 2.05) is 13.8 Å². The van der Waals surface area contributed by atoms with E-state index in [1.165, 1.54) is 6.92 Å². The molecule has 0 aliphatic carbocycles. The second-order valence-electron chi connectivity index (χ2n) is 8.63. The Bertz CT molecular complexity index is 945. The molecule has 0 fully saturated rings. The molecule has 0 amide bonds. The maximum Gasteiger partial charge on any atom is 0.217 e. The van der Waals surface area contributed by atoms with Crippen molar-refractivity contribution in [3.63, 3.8) is 0 Å². The maximum atomic E-state index is 15.5. The Morgan fingerprint density at radius 2 is 1.56 bits per heavy atom. The highest BCUT2D eigenvalue weighted by Crippen LogP contribution is 2.34. The zero-order valence-corrected chi connectivity index (χ0v) is 17.5. The number of rotatable bonds is 3. The topological polar surface area (TPSA) is 21.6 Å². The fraction of sp³-hybridized carbons (Fsp3) is 0.381. The van der Waals surface area contributed by atoms with Crippen LogP contribution in [0.4, 0.5) is 13.2 Å². The molecule has 2 nitrogen and oxygen atoms in total. The molecule has 0 spiro atoms. The van der Waals surface area contributed by atoms with Gasteiger partial charge in [0, 0.05) is 16.3 Å². The highest BCUT2D eigenvalue weighted by Gasteiger charge is 2.34. The Morgan fingerprint density at radius 3 is 2.07 bits per heavy atom. The van der Waals surface area contributed by atoms with Gasteiger partial charge in [-0.25, -0.2) is 18.2 Å².